The van der Waals surface area contributed by atoms with Gasteiger partial charge < -0.3 is 9.47 Å². The van der Waals surface area contributed by atoms with E-state index in [0.717, 1.165) is 11.4 Å². The number of benzene rings is 1. The zero-order valence-electron chi connectivity index (χ0n) is 14.7. The van der Waals surface area contributed by atoms with Crippen molar-refractivity contribution in [3.05, 3.63) is 63.0 Å². The Morgan fingerprint density at radius 1 is 1.23 bits per heavy atom. The monoisotopic (exact) mass is 372 g/mol. The Bertz CT molecular complexity index is 960. The Morgan fingerprint density at radius 3 is 2.77 bits per heavy atom. The van der Waals surface area contributed by atoms with Crippen LogP contribution in [0.4, 0.5) is 0 Å². The zero-order valence-corrected chi connectivity index (χ0v) is 15.5. The first-order valence-electron chi connectivity index (χ1n) is 8.35. The highest BCUT2D eigenvalue weighted by Gasteiger charge is 2.09. The number of thiazole rings is 1. The molecule has 0 fully saturated rings. The van der Waals surface area contributed by atoms with Crippen LogP contribution in [0.1, 0.15) is 29.8 Å². The van der Waals surface area contributed by atoms with Gasteiger partial charge in [-0.25, -0.2) is 4.98 Å². The summed E-state index contributed by atoms with van der Waals surface area (Å²) in [7, 11) is 0. The van der Waals surface area contributed by atoms with E-state index >= 15 is 0 Å². The van der Waals surface area contributed by atoms with Gasteiger partial charge in [-0.1, -0.05) is 17.7 Å². The van der Waals surface area contributed by atoms with Crippen molar-refractivity contribution in [2.75, 3.05) is 6.61 Å². The molecule has 0 aliphatic heterocycles. The Morgan fingerprint density at radius 2 is 2.00 bits per heavy atom. The molecule has 3 aromatic rings. The minimum atomic E-state index is -0.332. The average Bonchev–Trinajstić information content (AvgIpc) is 3.00. The number of carbonyl (C=O) groups is 1. The summed E-state index contributed by atoms with van der Waals surface area (Å²) >= 11 is 1.39. The Kier molecular flexibility index (Phi) is 5.68. The molecule has 26 heavy (non-hydrogen) atoms. The fourth-order valence-corrected chi connectivity index (χ4v) is 3.33. The van der Waals surface area contributed by atoms with Crippen molar-refractivity contribution < 1.29 is 14.3 Å². The molecule has 3 rings (SSSR count). The third-order valence-electron chi connectivity index (χ3n) is 3.82. The summed E-state index contributed by atoms with van der Waals surface area (Å²) in [5.41, 5.74) is 2.32. The smallest absolute Gasteiger partial charge is 0.306 e. The van der Waals surface area contributed by atoms with Crippen molar-refractivity contribution in [1.29, 1.82) is 0 Å². The first-order chi connectivity index (χ1) is 12.5. The molecule has 0 N–H and O–H groups in total. The Labute approximate surface area is 155 Å². The molecule has 0 atom stereocenters. The molecule has 1 aromatic carbocycles. The minimum Gasteiger partial charge on any atom is -0.494 e. The number of rotatable bonds is 7. The van der Waals surface area contributed by atoms with Gasteiger partial charge in [-0.3, -0.25) is 14.0 Å². The van der Waals surface area contributed by atoms with Crippen molar-refractivity contribution in [1.82, 2.24) is 9.38 Å². The molecule has 136 valence electrons. The van der Waals surface area contributed by atoms with E-state index in [-0.39, 0.29) is 24.6 Å². The van der Waals surface area contributed by atoms with E-state index in [1.165, 1.54) is 23.0 Å². The fraction of sp³-hybridized carbons (Fsp3) is 0.316. The lowest BCUT2D eigenvalue weighted by Crippen LogP contribution is -2.16. The van der Waals surface area contributed by atoms with Crippen LogP contribution in [-0.2, 0) is 16.1 Å². The van der Waals surface area contributed by atoms with Gasteiger partial charge in [0, 0.05) is 23.6 Å². The standard InChI is InChI=1S/C19H20N2O4S/c1-13-5-7-16(8-6-13)24-9-3-4-18(23)25-11-15-10-17(22)21-14(2)12-26-19(21)20-15/h5-8,10,12H,3-4,9,11H2,1-2H3. The number of esters is 1. The molecule has 7 heteroatoms. The average molecular weight is 372 g/mol. The third kappa shape index (κ3) is 4.49. The first kappa shape index (κ1) is 18.1. The molecule has 0 radical (unpaired) electrons. The van der Waals surface area contributed by atoms with E-state index in [0.29, 0.717) is 23.7 Å². The fourth-order valence-electron chi connectivity index (χ4n) is 2.44. The summed E-state index contributed by atoms with van der Waals surface area (Å²) in [6.07, 6.45) is 0.817. The number of hydrogen-bond acceptors (Lipinski definition) is 6. The molecule has 0 saturated heterocycles. The lowest BCUT2D eigenvalue weighted by molar-refractivity contribution is -0.145. The van der Waals surface area contributed by atoms with E-state index in [1.807, 2.05) is 43.5 Å². The van der Waals surface area contributed by atoms with Crippen LogP contribution in [0, 0.1) is 13.8 Å². The van der Waals surface area contributed by atoms with Gasteiger partial charge in [-0.2, -0.15) is 0 Å². The van der Waals surface area contributed by atoms with Crippen LogP contribution in [0.25, 0.3) is 4.96 Å². The number of carbonyl (C=O) groups excluding carboxylic acids is 1. The molecule has 0 aliphatic rings. The SMILES string of the molecule is Cc1ccc(OCCCC(=O)OCc2cc(=O)n3c(C)csc3n2)cc1. The van der Waals surface area contributed by atoms with Gasteiger partial charge in [-0.15, -0.1) is 11.3 Å². The molecule has 2 heterocycles. The summed E-state index contributed by atoms with van der Waals surface area (Å²) in [6, 6.07) is 9.16. The van der Waals surface area contributed by atoms with Crippen molar-refractivity contribution in [2.45, 2.75) is 33.3 Å². The van der Waals surface area contributed by atoms with Crippen LogP contribution in [0.2, 0.25) is 0 Å². The second-order valence-electron chi connectivity index (χ2n) is 6.01. The number of hydrogen-bond donors (Lipinski definition) is 0. The van der Waals surface area contributed by atoms with E-state index in [9.17, 15) is 9.59 Å². The molecule has 0 amide bonds. The quantitative estimate of drug-likeness (QED) is 0.470. The molecular weight excluding hydrogens is 352 g/mol. The number of ether oxygens (including phenoxy) is 2. The second-order valence-corrected chi connectivity index (χ2v) is 6.84. The maximum atomic E-state index is 12.1. The van der Waals surface area contributed by atoms with Crippen LogP contribution >= 0.6 is 11.3 Å². The van der Waals surface area contributed by atoms with Crippen molar-refractivity contribution in [3.8, 4) is 5.75 Å². The first-order valence-corrected chi connectivity index (χ1v) is 9.23. The van der Waals surface area contributed by atoms with Crippen LogP contribution < -0.4 is 10.3 Å². The predicted octanol–water partition coefficient (Wildman–Crippen LogP) is 3.28. The lowest BCUT2D eigenvalue weighted by atomic mass is 10.2. The second kappa shape index (κ2) is 8.14. The molecule has 0 unspecified atom stereocenters. The Balaban J connectivity index is 1.44. The van der Waals surface area contributed by atoms with E-state index < -0.39 is 0 Å². The number of fused-ring (bicyclic) bond motifs is 1. The molecule has 0 saturated carbocycles. The van der Waals surface area contributed by atoms with E-state index in [1.54, 1.807) is 4.40 Å². The van der Waals surface area contributed by atoms with Crippen molar-refractivity contribution >= 4 is 22.3 Å². The highest BCUT2D eigenvalue weighted by molar-refractivity contribution is 7.15. The van der Waals surface area contributed by atoms with Crippen molar-refractivity contribution in [2.24, 2.45) is 0 Å². The van der Waals surface area contributed by atoms with Gasteiger partial charge in [0.1, 0.15) is 12.4 Å². The predicted molar refractivity (Wildman–Crippen MR) is 99.8 cm³/mol. The van der Waals surface area contributed by atoms with Gasteiger partial charge >= 0.3 is 5.97 Å². The normalized spacial score (nSPS) is 10.8. The Hall–Kier alpha value is -2.67. The summed E-state index contributed by atoms with van der Waals surface area (Å²) < 4.78 is 12.3. The van der Waals surface area contributed by atoms with Gasteiger partial charge in [0.25, 0.3) is 5.56 Å². The maximum Gasteiger partial charge on any atom is 0.306 e. The maximum absolute atomic E-state index is 12.1. The lowest BCUT2D eigenvalue weighted by Gasteiger charge is -2.07. The largest absolute Gasteiger partial charge is 0.494 e. The highest BCUT2D eigenvalue weighted by Crippen LogP contribution is 2.13. The topological polar surface area (TPSA) is 69.9 Å². The van der Waals surface area contributed by atoms with Gasteiger partial charge in [0.15, 0.2) is 4.96 Å². The highest BCUT2D eigenvalue weighted by atomic mass is 32.1. The van der Waals surface area contributed by atoms with Gasteiger partial charge in [-0.05, 0) is 32.4 Å². The summed E-state index contributed by atoms with van der Waals surface area (Å²) in [6.45, 7) is 4.31. The van der Waals surface area contributed by atoms with Gasteiger partial charge in [0.05, 0.1) is 12.3 Å². The third-order valence-corrected chi connectivity index (χ3v) is 4.77. The molecule has 2 aromatic heterocycles. The van der Waals surface area contributed by atoms with E-state index in [4.69, 9.17) is 9.47 Å². The number of nitrogens with zero attached hydrogens (tertiary/aromatic N) is 2. The zero-order chi connectivity index (χ0) is 18.5. The van der Waals surface area contributed by atoms with Gasteiger partial charge in [0.2, 0.25) is 0 Å². The van der Waals surface area contributed by atoms with Crippen LogP contribution in [0.15, 0.2) is 40.5 Å². The minimum absolute atomic E-state index is 0.000338. The molecular formula is C19H20N2O4S. The van der Waals surface area contributed by atoms with Crippen LogP contribution in [-0.4, -0.2) is 22.0 Å². The molecule has 0 bridgehead atoms. The molecule has 0 spiro atoms. The summed E-state index contributed by atoms with van der Waals surface area (Å²) in [4.78, 5) is 28.9. The summed E-state index contributed by atoms with van der Waals surface area (Å²) in [5.74, 6) is 0.454. The van der Waals surface area contributed by atoms with Crippen LogP contribution in [0.5, 0.6) is 5.75 Å². The van der Waals surface area contributed by atoms with Crippen molar-refractivity contribution in [3.63, 3.8) is 0 Å². The summed E-state index contributed by atoms with van der Waals surface area (Å²) in [5, 5.41) is 1.87. The number of aryl methyl sites for hydroxylation is 2. The van der Waals surface area contributed by atoms with E-state index in [2.05, 4.69) is 4.98 Å². The molecule has 0 aliphatic carbocycles. The van der Waals surface area contributed by atoms with Crippen LogP contribution in [0.3, 0.4) is 0 Å². The number of aromatic nitrogens is 2. The molecule has 6 nitrogen and oxygen atoms in total.